The van der Waals surface area contributed by atoms with Crippen LogP contribution < -0.4 is 15.9 Å². The van der Waals surface area contributed by atoms with E-state index in [1.807, 2.05) is 0 Å². The summed E-state index contributed by atoms with van der Waals surface area (Å²) < 4.78 is 0. The molecular weight excluding hydrogens is 427 g/mol. The van der Waals surface area contributed by atoms with E-state index < -0.39 is 6.89 Å². The molecule has 0 atom stereocenters. The van der Waals surface area contributed by atoms with Gasteiger partial charge in [-0.15, -0.1) is 0 Å². The van der Waals surface area contributed by atoms with Crippen LogP contribution in [0.3, 0.4) is 0 Å². The van der Waals surface area contributed by atoms with Crippen molar-refractivity contribution < 1.29 is 0 Å². The van der Waals surface area contributed by atoms with Gasteiger partial charge in [0, 0.05) is 0 Å². The Morgan fingerprint density at radius 2 is 0.759 bits per heavy atom. The maximum Gasteiger partial charge on any atom is -0.00143 e. The van der Waals surface area contributed by atoms with E-state index in [1.165, 1.54) is 48.2 Å². The normalized spacial score (nSPS) is 12.3. The average molecular weight is 445 g/mol. The van der Waals surface area contributed by atoms with Crippen LogP contribution in [0, 0.1) is 0 Å². The lowest BCUT2D eigenvalue weighted by Gasteiger charge is -2.27. The van der Waals surface area contributed by atoms with Crippen LogP contribution in [0.5, 0.6) is 0 Å². The average Bonchev–Trinajstić information content (AvgIpc) is 3.51. The first-order valence-electron chi connectivity index (χ1n) is 9.35. The Morgan fingerprint density at radius 1 is 0.448 bits per heavy atom. The summed E-state index contributed by atoms with van der Waals surface area (Å²) in [6.07, 6.45) is 4.98. The maximum atomic E-state index is 4.98. The van der Waals surface area contributed by atoms with E-state index in [9.17, 15) is 0 Å². The van der Waals surface area contributed by atoms with Gasteiger partial charge < -0.3 is 0 Å². The second-order valence-corrected chi connectivity index (χ2v) is 12.8. The summed E-state index contributed by atoms with van der Waals surface area (Å²) in [5, 5.41) is 25.3. The van der Waals surface area contributed by atoms with Crippen molar-refractivity contribution in [2.24, 2.45) is 0 Å². The van der Waals surface area contributed by atoms with Crippen LogP contribution in [-0.4, -0.2) is 6.30 Å². The first-order valence-corrected chi connectivity index (χ1v) is 14.1. The van der Waals surface area contributed by atoms with Crippen LogP contribution in [0.4, 0.5) is 0 Å². The number of hydrogen-bond acceptors (Lipinski definition) is 3. The molecule has 0 aliphatic carbocycles. The summed E-state index contributed by atoms with van der Waals surface area (Å²) in [6.45, 7) is -2.00. The highest BCUT2D eigenvalue weighted by atomic mass is 32.1. The molecule has 3 heterocycles. The van der Waals surface area contributed by atoms with Crippen molar-refractivity contribution in [3.05, 3.63) is 86.9 Å². The summed E-state index contributed by atoms with van der Waals surface area (Å²) in [7, 11) is 0. The van der Waals surface area contributed by atoms with Gasteiger partial charge in [-0.05, 0) is 106 Å². The van der Waals surface area contributed by atoms with E-state index >= 15 is 0 Å². The van der Waals surface area contributed by atoms with Crippen molar-refractivity contribution in [3.63, 3.8) is 0 Å². The van der Waals surface area contributed by atoms with Crippen molar-refractivity contribution in [3.8, 4) is 0 Å². The molecule has 0 radical (unpaired) electrons. The fraction of sp³-hybridized carbons (Fsp3) is 0. The molecule has 140 valence electrons. The molecule has 29 heavy (non-hydrogen) atoms. The van der Waals surface area contributed by atoms with E-state index in [2.05, 4.69) is 86.9 Å². The standard InChI is InChI=1S/C25H17PS3/c1-26(23-5-2-17-11-27-14-20(17)8-23,24-6-3-18-12-28-15-21(18)9-24)25-7-4-19-13-29-16-22(19)10-25/h2-16H,1H2. The fourth-order valence-corrected chi connectivity index (χ4v) is 9.32. The highest BCUT2D eigenvalue weighted by Crippen LogP contribution is 2.44. The first kappa shape index (κ1) is 17.7. The van der Waals surface area contributed by atoms with Crippen LogP contribution >= 0.6 is 40.9 Å². The Kier molecular flexibility index (Phi) is 4.07. The number of hydrogen-bond donors (Lipinski definition) is 0. The molecular formula is C25H17PS3. The Morgan fingerprint density at radius 3 is 1.10 bits per heavy atom. The quantitative estimate of drug-likeness (QED) is 0.256. The number of benzene rings is 3. The Balaban J connectivity index is 1.66. The van der Waals surface area contributed by atoms with Gasteiger partial charge in [0.2, 0.25) is 0 Å². The summed E-state index contributed by atoms with van der Waals surface area (Å²) >= 11 is 5.29. The fourth-order valence-electron chi connectivity index (χ4n) is 4.02. The number of rotatable bonds is 3. The van der Waals surface area contributed by atoms with Gasteiger partial charge in [0.05, 0.1) is 0 Å². The zero-order chi connectivity index (χ0) is 19.4. The van der Waals surface area contributed by atoms with Crippen LogP contribution in [0.2, 0.25) is 0 Å². The highest BCUT2D eigenvalue weighted by molar-refractivity contribution is 7.93. The minimum atomic E-state index is -2.00. The van der Waals surface area contributed by atoms with Gasteiger partial charge in [0.15, 0.2) is 0 Å². The number of thiophene rings is 3. The highest BCUT2D eigenvalue weighted by Gasteiger charge is 2.23. The lowest BCUT2D eigenvalue weighted by atomic mass is 10.2. The van der Waals surface area contributed by atoms with Crippen molar-refractivity contribution in [1.29, 1.82) is 0 Å². The van der Waals surface area contributed by atoms with Crippen molar-refractivity contribution in [2.75, 3.05) is 0 Å². The van der Waals surface area contributed by atoms with Gasteiger partial charge in [-0.3, -0.25) is 0 Å². The zero-order valence-electron chi connectivity index (χ0n) is 15.5. The molecule has 0 N–H and O–H groups in total. The third-order valence-corrected chi connectivity index (χ3v) is 11.5. The predicted octanol–water partition coefficient (Wildman–Crippen LogP) is 7.06. The van der Waals surface area contributed by atoms with Crippen LogP contribution in [0.15, 0.2) is 86.9 Å². The van der Waals surface area contributed by atoms with Gasteiger partial charge >= 0.3 is 0 Å². The van der Waals surface area contributed by atoms with E-state index in [1.54, 1.807) is 34.0 Å². The molecule has 0 bridgehead atoms. The molecule has 0 fully saturated rings. The Hall–Kier alpha value is -2.16. The number of fused-ring (bicyclic) bond motifs is 3. The van der Waals surface area contributed by atoms with E-state index in [4.69, 9.17) is 6.30 Å². The first-order chi connectivity index (χ1) is 14.2. The van der Waals surface area contributed by atoms with Gasteiger partial charge in [0.25, 0.3) is 0 Å². The monoisotopic (exact) mass is 444 g/mol. The van der Waals surface area contributed by atoms with Gasteiger partial charge in [-0.1, -0.05) is 42.7 Å². The molecule has 0 saturated carbocycles. The largest absolute Gasteiger partial charge is 0.151 e. The van der Waals surface area contributed by atoms with Crippen molar-refractivity contribution in [2.45, 2.75) is 0 Å². The zero-order valence-corrected chi connectivity index (χ0v) is 18.9. The smallest absolute Gasteiger partial charge is 0.00143 e. The Bertz CT molecular complexity index is 1360. The van der Waals surface area contributed by atoms with Crippen LogP contribution in [0.1, 0.15) is 0 Å². The molecule has 0 aliphatic rings. The second-order valence-electron chi connectivity index (χ2n) is 7.36. The third-order valence-electron chi connectivity index (χ3n) is 5.70. The predicted molar refractivity (Wildman–Crippen MR) is 138 cm³/mol. The van der Waals surface area contributed by atoms with Gasteiger partial charge in [0.1, 0.15) is 0 Å². The molecule has 6 rings (SSSR count). The molecule has 3 aromatic heterocycles. The molecule has 0 amide bonds. The molecule has 0 saturated heterocycles. The SMILES string of the molecule is C=P(c1ccc2cscc2c1)(c1ccc2cscc2c1)c1ccc2cscc2c1. The summed E-state index contributed by atoms with van der Waals surface area (Å²) in [4.78, 5) is 0. The van der Waals surface area contributed by atoms with Gasteiger partial charge in [-0.25, -0.2) is 0 Å². The summed E-state index contributed by atoms with van der Waals surface area (Å²) in [5.41, 5.74) is 0. The second kappa shape index (κ2) is 6.68. The van der Waals surface area contributed by atoms with E-state index in [-0.39, 0.29) is 0 Å². The molecule has 6 aromatic rings. The topological polar surface area (TPSA) is 0 Å². The van der Waals surface area contributed by atoms with E-state index in [0.29, 0.717) is 0 Å². The third kappa shape index (κ3) is 2.77. The summed E-state index contributed by atoms with van der Waals surface area (Å²) in [6, 6.07) is 20.8. The minimum Gasteiger partial charge on any atom is -0.151 e. The molecule has 0 spiro atoms. The van der Waals surface area contributed by atoms with E-state index in [0.717, 1.165) is 0 Å². The lowest BCUT2D eigenvalue weighted by molar-refractivity contribution is 1.86. The van der Waals surface area contributed by atoms with Crippen LogP contribution in [0.25, 0.3) is 32.3 Å². The Labute approximate surface area is 181 Å². The molecule has 3 aromatic carbocycles. The summed E-state index contributed by atoms with van der Waals surface area (Å²) in [5.74, 6) is 0. The minimum absolute atomic E-state index is 1.31. The molecule has 0 unspecified atom stereocenters. The van der Waals surface area contributed by atoms with Crippen molar-refractivity contribution in [1.82, 2.24) is 0 Å². The van der Waals surface area contributed by atoms with Gasteiger partial charge in [-0.2, -0.15) is 34.0 Å². The van der Waals surface area contributed by atoms with Crippen molar-refractivity contribution >= 4 is 95.4 Å². The maximum absolute atomic E-state index is 4.98. The lowest BCUT2D eigenvalue weighted by Crippen LogP contribution is -2.25. The molecule has 0 nitrogen and oxygen atoms in total. The molecule has 0 aliphatic heterocycles. The molecule has 4 heteroatoms. The van der Waals surface area contributed by atoms with Crippen LogP contribution in [-0.2, 0) is 0 Å².